The zero-order chi connectivity index (χ0) is 7.19. The van der Waals surface area contributed by atoms with Gasteiger partial charge in [0.2, 0.25) is 0 Å². The Hall–Kier alpha value is -0.590. The molecule has 0 N–H and O–H groups in total. The average molecular weight is 136 g/mol. The highest BCUT2D eigenvalue weighted by Gasteiger charge is 2.37. The smallest absolute Gasteiger partial charge is 0.140 e. The molecule has 1 heteroatoms. The van der Waals surface area contributed by atoms with Gasteiger partial charge in [-0.1, -0.05) is 19.1 Å². The van der Waals surface area contributed by atoms with Crippen molar-refractivity contribution in [2.45, 2.75) is 26.2 Å². The van der Waals surface area contributed by atoms with Crippen molar-refractivity contribution in [3.05, 3.63) is 12.2 Å². The minimum absolute atomic E-state index is 0.228. The van der Waals surface area contributed by atoms with Crippen molar-refractivity contribution in [2.75, 3.05) is 0 Å². The average Bonchev–Trinajstić information content (AvgIpc) is 1.87. The van der Waals surface area contributed by atoms with Crippen LogP contribution in [0.4, 0.5) is 0 Å². The van der Waals surface area contributed by atoms with Crippen LogP contribution in [-0.2, 0) is 4.79 Å². The first-order valence-electron chi connectivity index (χ1n) is 3.92. The van der Waals surface area contributed by atoms with Gasteiger partial charge in [-0.05, 0) is 18.3 Å². The van der Waals surface area contributed by atoms with E-state index in [1.165, 1.54) is 6.42 Å². The third kappa shape index (κ3) is 0.731. The van der Waals surface area contributed by atoms with Crippen molar-refractivity contribution in [3.8, 4) is 0 Å². The van der Waals surface area contributed by atoms with Crippen molar-refractivity contribution in [3.63, 3.8) is 0 Å². The number of rotatable bonds is 0. The van der Waals surface area contributed by atoms with E-state index in [9.17, 15) is 4.79 Å². The first-order valence-corrected chi connectivity index (χ1v) is 3.92. The van der Waals surface area contributed by atoms with E-state index in [0.717, 1.165) is 12.8 Å². The topological polar surface area (TPSA) is 17.1 Å². The predicted molar refractivity (Wildman–Crippen MR) is 39.6 cm³/mol. The fourth-order valence-corrected chi connectivity index (χ4v) is 1.96. The third-order valence-corrected chi connectivity index (χ3v) is 2.75. The number of Topliss-reactive ketones (excluding diaryl/α,β-unsaturated/α-hetero) is 1. The summed E-state index contributed by atoms with van der Waals surface area (Å²) in [5, 5.41) is 0. The van der Waals surface area contributed by atoms with Crippen LogP contribution < -0.4 is 0 Å². The van der Waals surface area contributed by atoms with E-state index >= 15 is 0 Å². The molecule has 0 aliphatic heterocycles. The van der Waals surface area contributed by atoms with Gasteiger partial charge in [0, 0.05) is 12.3 Å². The van der Waals surface area contributed by atoms with Crippen molar-refractivity contribution in [1.82, 2.24) is 0 Å². The lowest BCUT2D eigenvalue weighted by molar-refractivity contribution is -0.126. The van der Waals surface area contributed by atoms with Gasteiger partial charge >= 0.3 is 0 Å². The molecule has 0 saturated heterocycles. The molecule has 54 valence electrons. The second-order valence-electron chi connectivity index (χ2n) is 3.80. The summed E-state index contributed by atoms with van der Waals surface area (Å²) in [7, 11) is 0. The SMILES string of the molecule is C[C@]12C=C[C@H](CC1)C(=O)C2. The lowest BCUT2D eigenvalue weighted by atomic mass is 9.66. The molecule has 10 heavy (non-hydrogen) atoms. The zero-order valence-corrected chi connectivity index (χ0v) is 6.26. The minimum atomic E-state index is 0.228. The lowest BCUT2D eigenvalue weighted by Gasteiger charge is -2.37. The number of allylic oxidation sites excluding steroid dienone is 2. The van der Waals surface area contributed by atoms with Crippen LogP contribution in [-0.4, -0.2) is 5.78 Å². The molecule has 2 bridgehead atoms. The van der Waals surface area contributed by atoms with Gasteiger partial charge in [-0.15, -0.1) is 0 Å². The van der Waals surface area contributed by atoms with Gasteiger partial charge in [-0.2, -0.15) is 0 Å². The second-order valence-corrected chi connectivity index (χ2v) is 3.80. The Labute approximate surface area is 61.1 Å². The molecule has 3 aliphatic rings. The number of hydrogen-bond acceptors (Lipinski definition) is 1. The predicted octanol–water partition coefficient (Wildman–Crippen LogP) is 1.93. The summed E-state index contributed by atoms with van der Waals surface area (Å²) in [6.07, 6.45) is 7.40. The molecule has 1 nitrogen and oxygen atoms in total. The highest BCUT2D eigenvalue weighted by molar-refractivity contribution is 5.85. The number of carbonyl (C=O) groups excluding carboxylic acids is 1. The zero-order valence-electron chi connectivity index (χ0n) is 6.26. The van der Waals surface area contributed by atoms with Gasteiger partial charge in [-0.3, -0.25) is 4.79 Å². The molecule has 0 aromatic carbocycles. The van der Waals surface area contributed by atoms with Gasteiger partial charge in [0.15, 0.2) is 0 Å². The van der Waals surface area contributed by atoms with Crippen LogP contribution in [0, 0.1) is 11.3 Å². The number of hydrogen-bond donors (Lipinski definition) is 0. The summed E-state index contributed by atoms with van der Waals surface area (Å²) < 4.78 is 0. The summed E-state index contributed by atoms with van der Waals surface area (Å²) >= 11 is 0. The quantitative estimate of drug-likeness (QED) is 0.465. The molecule has 3 rings (SSSR count). The van der Waals surface area contributed by atoms with Gasteiger partial charge in [0.05, 0.1) is 0 Å². The Morgan fingerprint density at radius 2 is 2.50 bits per heavy atom. The molecular weight excluding hydrogens is 124 g/mol. The van der Waals surface area contributed by atoms with Crippen LogP contribution in [0.25, 0.3) is 0 Å². The van der Waals surface area contributed by atoms with Gasteiger partial charge in [-0.25, -0.2) is 0 Å². The Bertz CT molecular complexity index is 205. The Kier molecular flexibility index (Phi) is 1.05. The molecule has 0 amide bonds. The lowest BCUT2D eigenvalue weighted by Crippen LogP contribution is -2.34. The van der Waals surface area contributed by atoms with Crippen LogP contribution >= 0.6 is 0 Å². The standard InChI is InChI=1S/C9H12O/c1-9-4-2-7(3-5-9)8(10)6-9/h2,4,7H,3,5-6H2,1H3/t7-,9+/m1/s1. The van der Waals surface area contributed by atoms with E-state index in [4.69, 9.17) is 0 Å². The highest BCUT2D eigenvalue weighted by atomic mass is 16.1. The summed E-state index contributed by atoms with van der Waals surface area (Å²) in [6, 6.07) is 0. The van der Waals surface area contributed by atoms with Gasteiger partial charge in [0.1, 0.15) is 5.78 Å². The van der Waals surface area contributed by atoms with E-state index in [2.05, 4.69) is 19.1 Å². The molecule has 0 aromatic rings. The molecule has 0 aromatic heterocycles. The third-order valence-electron chi connectivity index (χ3n) is 2.75. The number of fused-ring (bicyclic) bond motifs is 2. The molecule has 0 unspecified atom stereocenters. The van der Waals surface area contributed by atoms with Crippen molar-refractivity contribution >= 4 is 5.78 Å². The molecule has 0 radical (unpaired) electrons. The minimum Gasteiger partial charge on any atom is -0.299 e. The van der Waals surface area contributed by atoms with Crippen molar-refractivity contribution < 1.29 is 4.79 Å². The van der Waals surface area contributed by atoms with E-state index < -0.39 is 0 Å². The fourth-order valence-electron chi connectivity index (χ4n) is 1.96. The maximum atomic E-state index is 11.2. The van der Waals surface area contributed by atoms with Crippen molar-refractivity contribution in [2.24, 2.45) is 11.3 Å². The maximum Gasteiger partial charge on any atom is 0.140 e. The molecule has 0 spiro atoms. The van der Waals surface area contributed by atoms with E-state index in [1.54, 1.807) is 0 Å². The van der Waals surface area contributed by atoms with Crippen molar-refractivity contribution in [1.29, 1.82) is 0 Å². The molecule has 2 atom stereocenters. The summed E-state index contributed by atoms with van der Waals surface area (Å²) in [4.78, 5) is 11.2. The van der Waals surface area contributed by atoms with E-state index in [1.807, 2.05) is 0 Å². The first kappa shape index (κ1) is 6.14. The number of ketones is 1. The first-order chi connectivity index (χ1) is 4.70. The van der Waals surface area contributed by atoms with Gasteiger partial charge in [0.25, 0.3) is 0 Å². The van der Waals surface area contributed by atoms with Crippen LogP contribution in [0.15, 0.2) is 12.2 Å². The summed E-state index contributed by atoms with van der Waals surface area (Å²) in [5.41, 5.74) is 0.228. The largest absolute Gasteiger partial charge is 0.299 e. The van der Waals surface area contributed by atoms with Crippen LogP contribution in [0.1, 0.15) is 26.2 Å². The molecule has 1 fully saturated rings. The maximum absolute atomic E-state index is 11.2. The molecule has 3 aliphatic carbocycles. The Balaban J connectivity index is 2.36. The Morgan fingerprint density at radius 3 is 2.80 bits per heavy atom. The van der Waals surface area contributed by atoms with E-state index in [-0.39, 0.29) is 11.3 Å². The molecular formula is C9H12O. The molecule has 1 saturated carbocycles. The summed E-state index contributed by atoms with van der Waals surface area (Å²) in [6.45, 7) is 2.18. The fraction of sp³-hybridized carbons (Fsp3) is 0.667. The van der Waals surface area contributed by atoms with Gasteiger partial charge < -0.3 is 0 Å². The summed E-state index contributed by atoms with van der Waals surface area (Å²) in [5.74, 6) is 0.734. The van der Waals surface area contributed by atoms with Crippen LogP contribution in [0.3, 0.4) is 0 Å². The second kappa shape index (κ2) is 1.71. The van der Waals surface area contributed by atoms with Crippen LogP contribution in [0.5, 0.6) is 0 Å². The Morgan fingerprint density at radius 1 is 1.70 bits per heavy atom. The van der Waals surface area contributed by atoms with Crippen LogP contribution in [0.2, 0.25) is 0 Å². The monoisotopic (exact) mass is 136 g/mol. The number of carbonyl (C=O) groups is 1. The normalized spacial score (nSPS) is 44.5. The molecule has 0 heterocycles. The van der Waals surface area contributed by atoms with E-state index in [0.29, 0.717) is 5.78 Å². The highest BCUT2D eigenvalue weighted by Crippen LogP contribution is 2.42.